The van der Waals surface area contributed by atoms with E-state index in [1.54, 1.807) is 18.2 Å². The lowest BCUT2D eigenvalue weighted by Gasteiger charge is -2.08. The van der Waals surface area contributed by atoms with Gasteiger partial charge in [0.2, 0.25) is 5.43 Å². The number of ether oxygens (including phenoxy) is 1. The minimum Gasteiger partial charge on any atom is -0.465 e. The molecule has 0 atom stereocenters. The van der Waals surface area contributed by atoms with Gasteiger partial charge in [0.1, 0.15) is 5.56 Å². The first-order chi connectivity index (χ1) is 11.1. The van der Waals surface area contributed by atoms with Crippen molar-refractivity contribution in [3.63, 3.8) is 0 Å². The highest BCUT2D eigenvalue weighted by Gasteiger charge is 2.19. The van der Waals surface area contributed by atoms with Crippen LogP contribution in [0.2, 0.25) is 0 Å². The first-order valence-corrected chi connectivity index (χ1v) is 6.99. The summed E-state index contributed by atoms with van der Waals surface area (Å²) in [5.74, 6) is -0.686. The number of nitrogens with one attached hydrogen (secondary N) is 1. The lowest BCUT2D eigenvalue weighted by atomic mass is 10.0. The second-order valence-electron chi connectivity index (χ2n) is 4.69. The second-order valence-corrected chi connectivity index (χ2v) is 4.69. The molecule has 116 valence electrons. The molecule has 1 aromatic carbocycles. The van der Waals surface area contributed by atoms with Crippen LogP contribution in [0.3, 0.4) is 0 Å². The van der Waals surface area contributed by atoms with E-state index in [-0.39, 0.29) is 5.56 Å². The Morgan fingerprint density at radius 3 is 2.35 bits per heavy atom. The van der Waals surface area contributed by atoms with E-state index in [0.29, 0.717) is 21.8 Å². The van der Waals surface area contributed by atoms with Crippen LogP contribution in [0.5, 0.6) is 0 Å². The zero-order valence-corrected chi connectivity index (χ0v) is 12.8. The molecule has 4 heteroatoms. The van der Waals surface area contributed by atoms with Gasteiger partial charge in [-0.05, 0) is 17.7 Å². The van der Waals surface area contributed by atoms with Crippen molar-refractivity contribution in [1.29, 1.82) is 0 Å². The maximum absolute atomic E-state index is 12.8. The normalized spacial score (nSPS) is 12.0. The van der Waals surface area contributed by atoms with Gasteiger partial charge in [0, 0.05) is 10.6 Å². The molecule has 0 unspecified atom stereocenters. The average Bonchev–Trinajstić information content (AvgIpc) is 2.58. The predicted molar refractivity (Wildman–Crippen MR) is 92.4 cm³/mol. The monoisotopic (exact) mass is 307 g/mol. The molecule has 0 bridgehead atoms. The Hall–Kier alpha value is -3.14. The maximum Gasteiger partial charge on any atom is 0.344 e. The summed E-state index contributed by atoms with van der Waals surface area (Å²) in [5.41, 5.74) is 0.682. The van der Waals surface area contributed by atoms with E-state index >= 15 is 0 Å². The van der Waals surface area contributed by atoms with Gasteiger partial charge in [0.25, 0.3) is 0 Å². The van der Waals surface area contributed by atoms with Gasteiger partial charge in [-0.2, -0.15) is 0 Å². The maximum atomic E-state index is 12.8. The quantitative estimate of drug-likeness (QED) is 0.876. The van der Waals surface area contributed by atoms with Crippen molar-refractivity contribution < 1.29 is 9.53 Å². The van der Waals surface area contributed by atoms with Gasteiger partial charge < -0.3 is 9.72 Å². The molecule has 0 amide bonds. The Morgan fingerprint density at radius 2 is 1.78 bits per heavy atom. The van der Waals surface area contributed by atoms with Crippen LogP contribution >= 0.6 is 0 Å². The number of allylic oxidation sites excluding steroid dienone is 2. The third-order valence-electron chi connectivity index (χ3n) is 3.29. The van der Waals surface area contributed by atoms with Gasteiger partial charge in [0.15, 0.2) is 0 Å². The van der Waals surface area contributed by atoms with Gasteiger partial charge in [-0.3, -0.25) is 4.79 Å². The number of carbonyl (C=O) groups excluding carboxylic acids is 1. The smallest absolute Gasteiger partial charge is 0.344 e. The lowest BCUT2D eigenvalue weighted by molar-refractivity contribution is 0.0599. The molecular weight excluding hydrogens is 290 g/mol. The van der Waals surface area contributed by atoms with Gasteiger partial charge in [-0.1, -0.05) is 55.6 Å². The van der Waals surface area contributed by atoms with Crippen LogP contribution in [-0.2, 0) is 4.74 Å². The van der Waals surface area contributed by atoms with Crippen molar-refractivity contribution in [2.75, 3.05) is 7.11 Å². The number of H-pyrrole nitrogens is 1. The Kier molecular flexibility index (Phi) is 5.10. The van der Waals surface area contributed by atoms with E-state index in [1.807, 2.05) is 30.3 Å². The number of carbonyl (C=O) groups is 1. The largest absolute Gasteiger partial charge is 0.465 e. The van der Waals surface area contributed by atoms with Crippen LogP contribution in [0.15, 0.2) is 60.4 Å². The molecule has 2 aromatic rings. The van der Waals surface area contributed by atoms with E-state index in [4.69, 9.17) is 4.74 Å². The second kappa shape index (κ2) is 7.22. The van der Waals surface area contributed by atoms with Gasteiger partial charge >= 0.3 is 5.97 Å². The summed E-state index contributed by atoms with van der Waals surface area (Å²) in [6.45, 7) is 7.26. The standard InChI is InChI=1S/C19H17NO3/c1-4-9-14-15(10-5-2)20-17(13-11-7-6-8-12-13)16(18(14)21)19(22)23-3/h4-12,20H,1-2H2,3H3/b14-9+,15-10+. The third kappa shape index (κ3) is 3.21. The topological polar surface area (TPSA) is 59.2 Å². The fraction of sp³-hybridized carbons (Fsp3) is 0.0526. The SMILES string of the molecule is C=C/C=c1/[nH]c(-c2ccccc2)c(C(=O)OC)c(=O)/c1=C/C=C. The predicted octanol–water partition coefficient (Wildman–Crippen LogP) is 1.76. The minimum atomic E-state index is -0.686. The molecule has 4 nitrogen and oxygen atoms in total. The number of methoxy groups -OCH3 is 1. The highest BCUT2D eigenvalue weighted by Crippen LogP contribution is 2.17. The van der Waals surface area contributed by atoms with E-state index < -0.39 is 11.4 Å². The zero-order chi connectivity index (χ0) is 16.8. The summed E-state index contributed by atoms with van der Waals surface area (Å²) in [6, 6.07) is 9.14. The van der Waals surface area contributed by atoms with Gasteiger partial charge in [0.05, 0.1) is 12.8 Å². The van der Waals surface area contributed by atoms with Crippen molar-refractivity contribution in [3.8, 4) is 11.3 Å². The molecule has 23 heavy (non-hydrogen) atoms. The van der Waals surface area contributed by atoms with Crippen LogP contribution in [0, 0.1) is 0 Å². The third-order valence-corrected chi connectivity index (χ3v) is 3.29. The lowest BCUT2D eigenvalue weighted by Crippen LogP contribution is -2.44. The first-order valence-electron chi connectivity index (χ1n) is 6.99. The summed E-state index contributed by atoms with van der Waals surface area (Å²) in [4.78, 5) is 28.1. The van der Waals surface area contributed by atoms with Crippen LogP contribution in [0.25, 0.3) is 23.4 Å². The van der Waals surface area contributed by atoms with Crippen LogP contribution in [0.1, 0.15) is 10.4 Å². The molecule has 0 aliphatic rings. The highest BCUT2D eigenvalue weighted by atomic mass is 16.5. The number of aromatic nitrogens is 1. The van der Waals surface area contributed by atoms with Crippen molar-refractivity contribution in [2.45, 2.75) is 0 Å². The Bertz CT molecular complexity index is 922. The molecule has 0 aliphatic heterocycles. The summed E-state index contributed by atoms with van der Waals surface area (Å²) in [6.07, 6.45) is 6.28. The Morgan fingerprint density at radius 1 is 1.13 bits per heavy atom. The number of hydrogen-bond donors (Lipinski definition) is 1. The summed E-state index contributed by atoms with van der Waals surface area (Å²) < 4.78 is 4.78. The van der Waals surface area contributed by atoms with Crippen molar-refractivity contribution in [1.82, 2.24) is 4.98 Å². The molecule has 1 N–H and O–H groups in total. The average molecular weight is 307 g/mol. The molecule has 0 saturated carbocycles. The van der Waals surface area contributed by atoms with Gasteiger partial charge in [-0.25, -0.2) is 4.79 Å². The molecule has 0 spiro atoms. The Balaban J connectivity index is 3.02. The van der Waals surface area contributed by atoms with Crippen molar-refractivity contribution >= 4 is 18.1 Å². The molecule has 0 saturated heterocycles. The number of hydrogen-bond acceptors (Lipinski definition) is 3. The fourth-order valence-corrected chi connectivity index (χ4v) is 2.29. The molecule has 0 aliphatic carbocycles. The summed E-state index contributed by atoms with van der Waals surface area (Å²) >= 11 is 0. The number of rotatable bonds is 4. The molecule has 0 fully saturated rings. The Labute approximate surface area is 133 Å². The van der Waals surface area contributed by atoms with E-state index in [9.17, 15) is 9.59 Å². The molecule has 2 rings (SSSR count). The van der Waals surface area contributed by atoms with E-state index in [1.165, 1.54) is 13.2 Å². The molecule has 1 aromatic heterocycles. The molecular formula is C19H17NO3. The minimum absolute atomic E-state index is 0.0342. The van der Waals surface area contributed by atoms with E-state index in [0.717, 1.165) is 0 Å². The van der Waals surface area contributed by atoms with Crippen LogP contribution < -0.4 is 16.0 Å². The van der Waals surface area contributed by atoms with Crippen molar-refractivity contribution in [3.05, 3.63) is 82.0 Å². The molecule has 0 radical (unpaired) electrons. The van der Waals surface area contributed by atoms with Crippen molar-refractivity contribution in [2.24, 2.45) is 0 Å². The number of benzene rings is 1. The number of aromatic amines is 1. The van der Waals surface area contributed by atoms with Gasteiger partial charge in [-0.15, -0.1) is 0 Å². The fourth-order valence-electron chi connectivity index (χ4n) is 2.29. The molecule has 1 heterocycles. The zero-order valence-electron chi connectivity index (χ0n) is 12.8. The first kappa shape index (κ1) is 16.2. The van der Waals surface area contributed by atoms with Crippen LogP contribution in [-0.4, -0.2) is 18.1 Å². The summed E-state index contributed by atoms with van der Waals surface area (Å²) in [7, 11) is 1.25. The highest BCUT2D eigenvalue weighted by molar-refractivity contribution is 5.96. The summed E-state index contributed by atoms with van der Waals surface area (Å²) in [5, 5.41) is 0.886. The number of esters is 1. The number of pyridine rings is 1. The van der Waals surface area contributed by atoms with Crippen LogP contribution in [0.4, 0.5) is 0 Å². The van der Waals surface area contributed by atoms with E-state index in [2.05, 4.69) is 18.1 Å².